The normalized spacial score (nSPS) is 11.1. The molecule has 0 spiro atoms. The summed E-state index contributed by atoms with van der Waals surface area (Å²) >= 11 is 7.83. The first-order chi connectivity index (χ1) is 7.33. The molecule has 0 N–H and O–H groups in total. The summed E-state index contributed by atoms with van der Waals surface area (Å²) in [7, 11) is 4.61. The van der Waals surface area contributed by atoms with Crippen LogP contribution in [0.5, 0.6) is 0 Å². The molecular weight excluding hydrogens is 433 g/mol. The first-order valence-electron chi connectivity index (χ1n) is 3.68. The Morgan fingerprint density at radius 2 is 2.33 bits per heavy atom. The minimum atomic E-state index is 0.521. The molecular formula is C8H8ClN3PtS2. The fraction of sp³-hybridized carbons (Fsp3) is 0.125. The van der Waals surface area contributed by atoms with Crippen LogP contribution in [0.15, 0.2) is 34.6 Å². The molecule has 1 aromatic rings. The van der Waals surface area contributed by atoms with E-state index in [0.29, 0.717) is 4.38 Å². The van der Waals surface area contributed by atoms with Gasteiger partial charge in [0.1, 0.15) is 0 Å². The van der Waals surface area contributed by atoms with Gasteiger partial charge in [0.2, 0.25) is 0 Å². The molecule has 7 heteroatoms. The molecule has 0 saturated carbocycles. The second kappa shape index (κ2) is 10.6. The van der Waals surface area contributed by atoms with Gasteiger partial charge in [0, 0.05) is 6.20 Å². The Morgan fingerprint density at radius 1 is 1.60 bits per heavy atom. The number of hydrogen-bond donors (Lipinski definition) is 0. The van der Waals surface area contributed by atoms with E-state index in [0.717, 1.165) is 5.69 Å². The number of aromatic nitrogens is 1. The molecule has 0 atom stereocenters. The monoisotopic (exact) mass is 440 g/mol. The zero-order valence-corrected chi connectivity index (χ0v) is 12.4. The molecule has 0 unspecified atom stereocenters. The first kappa shape index (κ1) is 15.0. The van der Waals surface area contributed by atoms with E-state index in [-0.39, 0.29) is 0 Å². The molecule has 0 bridgehead atoms. The van der Waals surface area contributed by atoms with Gasteiger partial charge < -0.3 is 12.6 Å². The van der Waals surface area contributed by atoms with Crippen LogP contribution in [-0.4, -0.2) is 21.8 Å². The number of nitrogens with zero attached hydrogens (tertiary/aromatic N) is 3. The van der Waals surface area contributed by atoms with Crippen molar-refractivity contribution in [2.75, 3.05) is 6.26 Å². The van der Waals surface area contributed by atoms with E-state index in [1.54, 1.807) is 31.2 Å². The summed E-state index contributed by atoms with van der Waals surface area (Å²) in [6, 6.07) is 5.59. The van der Waals surface area contributed by atoms with Crippen LogP contribution in [0.4, 0.5) is 0 Å². The van der Waals surface area contributed by atoms with Crippen molar-refractivity contribution in [1.29, 1.82) is 0 Å². The Kier molecular flexibility index (Phi) is 10.6. The number of halogens is 1. The average Bonchev–Trinajstić information content (AvgIpc) is 2.33. The van der Waals surface area contributed by atoms with Crippen molar-refractivity contribution in [2.45, 2.75) is 0 Å². The van der Waals surface area contributed by atoms with Crippen LogP contribution >= 0.6 is 21.2 Å². The Morgan fingerprint density at radius 3 is 2.87 bits per heavy atom. The fourth-order valence-electron chi connectivity index (χ4n) is 0.628. The Labute approximate surface area is 114 Å². The summed E-state index contributed by atoms with van der Waals surface area (Å²) < 4.78 is 0.521. The molecule has 1 aromatic heterocycles. The topological polar surface area (TPSA) is 37.6 Å². The van der Waals surface area contributed by atoms with E-state index in [9.17, 15) is 0 Å². The van der Waals surface area contributed by atoms with Crippen LogP contribution < -0.4 is 0 Å². The predicted molar refractivity (Wildman–Crippen MR) is 66.0 cm³/mol. The van der Waals surface area contributed by atoms with Crippen LogP contribution in [0.1, 0.15) is 5.69 Å². The van der Waals surface area contributed by atoms with E-state index in [1.165, 1.54) is 11.8 Å². The number of hydrogen-bond acceptors (Lipinski definition) is 5. The molecule has 3 nitrogen and oxygen atoms in total. The zero-order valence-electron chi connectivity index (χ0n) is 7.74. The molecule has 0 saturated heterocycles. The Balaban J connectivity index is 0.000000921. The molecule has 0 aliphatic heterocycles. The second-order valence-electron chi connectivity index (χ2n) is 2.07. The van der Waals surface area contributed by atoms with Gasteiger partial charge in [-0.25, -0.2) is 0 Å². The van der Waals surface area contributed by atoms with Crippen molar-refractivity contribution in [1.82, 2.24) is 4.98 Å². The van der Waals surface area contributed by atoms with E-state index >= 15 is 0 Å². The molecule has 84 valence electrons. The second-order valence-corrected chi connectivity index (χ2v) is 3.51. The molecule has 0 fully saturated rings. The SMILES string of the molecule is CS/C([S-])=N/N=C/c1ccccn1.[Cl][Pt+]. The van der Waals surface area contributed by atoms with Crippen LogP contribution in [-0.2, 0) is 31.4 Å². The molecule has 0 amide bonds. The summed E-state index contributed by atoms with van der Waals surface area (Å²) in [5.41, 5.74) is 0.773. The van der Waals surface area contributed by atoms with Gasteiger partial charge in [-0.2, -0.15) is 10.2 Å². The summed E-state index contributed by atoms with van der Waals surface area (Å²) in [6.45, 7) is 0. The van der Waals surface area contributed by atoms with Crippen LogP contribution in [0.2, 0.25) is 0 Å². The quantitative estimate of drug-likeness (QED) is 0.307. The molecule has 0 aromatic carbocycles. The zero-order chi connectivity index (χ0) is 11.5. The van der Waals surface area contributed by atoms with Crippen molar-refractivity contribution in [3.63, 3.8) is 0 Å². The van der Waals surface area contributed by atoms with Gasteiger partial charge in [-0.05, 0) is 22.8 Å². The Bertz CT molecular complexity index is 319. The summed E-state index contributed by atoms with van der Waals surface area (Å²) in [4.78, 5) is 4.04. The van der Waals surface area contributed by atoms with Crippen molar-refractivity contribution in [2.24, 2.45) is 10.2 Å². The molecule has 0 radical (unpaired) electrons. The van der Waals surface area contributed by atoms with Crippen molar-refractivity contribution in [3.8, 4) is 0 Å². The predicted octanol–water partition coefficient (Wildman–Crippen LogP) is 2.37. The molecule has 15 heavy (non-hydrogen) atoms. The molecule has 0 aliphatic rings. The number of rotatable bonds is 2. The maximum atomic E-state index is 4.83. The summed E-state index contributed by atoms with van der Waals surface area (Å²) in [5.74, 6) is 0. The van der Waals surface area contributed by atoms with Crippen LogP contribution in [0, 0.1) is 0 Å². The third kappa shape index (κ3) is 7.91. The third-order valence-corrected chi connectivity index (χ3v) is 2.20. The van der Waals surface area contributed by atoms with Gasteiger partial charge in [0.25, 0.3) is 0 Å². The summed E-state index contributed by atoms with van der Waals surface area (Å²) in [6.07, 6.45) is 5.14. The van der Waals surface area contributed by atoms with Crippen LogP contribution in [0.3, 0.4) is 0 Å². The van der Waals surface area contributed by atoms with Gasteiger partial charge in [0.15, 0.2) is 0 Å². The Hall–Kier alpha value is 0.0383. The fourth-order valence-corrected chi connectivity index (χ4v) is 0.804. The van der Waals surface area contributed by atoms with Crippen LogP contribution in [0.25, 0.3) is 0 Å². The molecule has 1 heterocycles. The summed E-state index contributed by atoms with van der Waals surface area (Å²) in [5, 5.41) is 7.55. The average molecular weight is 441 g/mol. The van der Waals surface area contributed by atoms with Gasteiger partial charge >= 0.3 is 28.2 Å². The van der Waals surface area contributed by atoms with Crippen molar-refractivity contribution in [3.05, 3.63) is 30.1 Å². The molecule has 1 rings (SSSR count). The van der Waals surface area contributed by atoms with Gasteiger partial charge in [0.05, 0.1) is 11.9 Å². The van der Waals surface area contributed by atoms with E-state index in [4.69, 9.17) is 12.6 Å². The maximum absolute atomic E-state index is 4.83. The van der Waals surface area contributed by atoms with Crippen molar-refractivity contribution < 1.29 is 18.8 Å². The number of thioether (sulfide) groups is 1. The minimum absolute atomic E-state index is 0.521. The van der Waals surface area contributed by atoms with Crippen molar-refractivity contribution >= 4 is 44.4 Å². The third-order valence-electron chi connectivity index (χ3n) is 1.19. The van der Waals surface area contributed by atoms with Gasteiger partial charge in [-0.3, -0.25) is 4.98 Å². The molecule has 0 aliphatic carbocycles. The van der Waals surface area contributed by atoms with E-state index in [1.807, 2.05) is 24.5 Å². The first-order valence-corrected chi connectivity index (χ1v) is 8.13. The number of pyridine rings is 1. The van der Waals surface area contributed by atoms with Gasteiger partial charge in [-0.15, -0.1) is 11.8 Å². The van der Waals surface area contributed by atoms with E-state index < -0.39 is 0 Å². The standard InChI is InChI=1S/C8H9N3S2.ClH.Pt/c1-13-8(12)11-10-6-7-4-2-3-5-9-7;;/h2-6H,1H3,(H,11,12);1H;/q;;+2/p-2/b10-6+;;. The van der Waals surface area contributed by atoms with E-state index in [2.05, 4.69) is 24.6 Å². The van der Waals surface area contributed by atoms with Gasteiger partial charge in [-0.1, -0.05) is 6.07 Å².